The van der Waals surface area contributed by atoms with E-state index < -0.39 is 23.7 Å². The third-order valence-electron chi connectivity index (χ3n) is 4.91. The number of benzene rings is 1. The van der Waals surface area contributed by atoms with Crippen LogP contribution in [0, 0.1) is 0 Å². The number of hydrogen-bond donors (Lipinski definition) is 2. The molecule has 0 saturated carbocycles. The predicted molar refractivity (Wildman–Crippen MR) is 128 cm³/mol. The molecule has 178 valence electrons. The van der Waals surface area contributed by atoms with E-state index in [0.717, 1.165) is 22.5 Å². The average Bonchev–Trinajstić information content (AvgIpc) is 3.00. The van der Waals surface area contributed by atoms with Crippen LogP contribution in [0.25, 0.3) is 11.0 Å². The number of hydrogen-bond acceptors (Lipinski definition) is 5. The average molecular weight is 487 g/mol. The van der Waals surface area contributed by atoms with Crippen LogP contribution in [0.2, 0.25) is 0 Å². The van der Waals surface area contributed by atoms with Crippen molar-refractivity contribution in [2.24, 2.45) is 7.05 Å². The molecule has 0 aliphatic rings. The summed E-state index contributed by atoms with van der Waals surface area (Å²) in [5.41, 5.74) is 2.16. The summed E-state index contributed by atoms with van der Waals surface area (Å²) in [5.74, 6) is 0.763. The second-order valence-electron chi connectivity index (χ2n) is 8.55. The van der Waals surface area contributed by atoms with Gasteiger partial charge in [0, 0.05) is 44.0 Å². The second-order valence-corrected chi connectivity index (χ2v) is 9.31. The number of carboxylic acid groups (broad SMARTS) is 1. The number of carbonyl (C=O) groups excluding carboxylic acids is 1. The maximum atomic E-state index is 11.9. The molecule has 1 aromatic heterocycles. The third kappa shape index (κ3) is 7.45. The van der Waals surface area contributed by atoms with E-state index in [1.165, 1.54) is 0 Å². The number of carbonyl (C=O) groups is 2. The van der Waals surface area contributed by atoms with Crippen molar-refractivity contribution in [3.8, 4) is 0 Å². The number of aromatic nitrogens is 2. The quantitative estimate of drug-likeness (QED) is 0.462. The summed E-state index contributed by atoms with van der Waals surface area (Å²) in [6.45, 7) is 6.57. The highest BCUT2D eigenvalue weighted by atomic mass is 35.5. The van der Waals surface area contributed by atoms with E-state index >= 15 is 0 Å². The molecule has 0 radical (unpaired) electrons. The van der Waals surface area contributed by atoms with E-state index in [1.807, 2.05) is 29.8 Å². The molecule has 2 aromatic rings. The van der Waals surface area contributed by atoms with Gasteiger partial charge in [0.2, 0.25) is 0 Å². The van der Waals surface area contributed by atoms with Crippen molar-refractivity contribution in [1.82, 2.24) is 14.9 Å². The molecule has 0 unspecified atom stereocenters. The number of halogens is 2. The summed E-state index contributed by atoms with van der Waals surface area (Å²) in [5, 5.41) is 11.9. The number of alkyl halides is 2. The lowest BCUT2D eigenvalue weighted by atomic mass is 10.1. The van der Waals surface area contributed by atoms with Crippen LogP contribution in [-0.2, 0) is 23.0 Å². The first-order chi connectivity index (χ1) is 15.1. The molecule has 0 spiro atoms. The van der Waals surface area contributed by atoms with Gasteiger partial charge in [0.1, 0.15) is 17.5 Å². The molecule has 1 heterocycles. The van der Waals surface area contributed by atoms with Crippen LogP contribution in [0.5, 0.6) is 0 Å². The number of ether oxygens (including phenoxy) is 1. The number of alkyl carbamates (subject to hydrolysis) is 1. The van der Waals surface area contributed by atoms with Gasteiger partial charge in [0.05, 0.1) is 11.0 Å². The molecule has 32 heavy (non-hydrogen) atoms. The molecule has 2 N–H and O–H groups in total. The SMILES string of the molecule is Cn1c(CCC[C@H](NC(=O)OC(C)(C)C)C(=O)O)nc2cc(N(CCCl)CCCl)ccc21. The maximum Gasteiger partial charge on any atom is 0.408 e. The van der Waals surface area contributed by atoms with Crippen molar-refractivity contribution < 1.29 is 19.4 Å². The van der Waals surface area contributed by atoms with Crippen LogP contribution in [0.1, 0.15) is 39.4 Å². The normalized spacial score (nSPS) is 12.6. The van der Waals surface area contributed by atoms with Crippen molar-refractivity contribution in [1.29, 1.82) is 0 Å². The minimum absolute atomic E-state index is 0.266. The Morgan fingerprint density at radius 3 is 2.47 bits per heavy atom. The van der Waals surface area contributed by atoms with Gasteiger partial charge in [-0.05, 0) is 51.8 Å². The molecule has 0 aliphatic carbocycles. The number of nitrogens with one attached hydrogen (secondary N) is 1. The number of nitrogens with zero attached hydrogens (tertiary/aromatic N) is 3. The largest absolute Gasteiger partial charge is 0.480 e. The second kappa shape index (κ2) is 11.6. The van der Waals surface area contributed by atoms with Crippen molar-refractivity contribution in [2.45, 2.75) is 51.7 Å². The third-order valence-corrected chi connectivity index (χ3v) is 5.25. The van der Waals surface area contributed by atoms with Gasteiger partial charge >= 0.3 is 12.1 Å². The van der Waals surface area contributed by atoms with Crippen molar-refractivity contribution in [3.63, 3.8) is 0 Å². The molecule has 1 aromatic carbocycles. The highest BCUT2D eigenvalue weighted by molar-refractivity contribution is 6.18. The van der Waals surface area contributed by atoms with Gasteiger partial charge in [-0.1, -0.05) is 0 Å². The van der Waals surface area contributed by atoms with E-state index in [9.17, 15) is 14.7 Å². The Kier molecular flexibility index (Phi) is 9.46. The topological polar surface area (TPSA) is 96.7 Å². The lowest BCUT2D eigenvalue weighted by Gasteiger charge is -2.22. The van der Waals surface area contributed by atoms with Gasteiger partial charge in [-0.15, -0.1) is 23.2 Å². The highest BCUT2D eigenvalue weighted by Gasteiger charge is 2.24. The fraction of sp³-hybridized carbons (Fsp3) is 0.591. The fourth-order valence-corrected chi connectivity index (χ4v) is 3.81. The van der Waals surface area contributed by atoms with Gasteiger partial charge in [-0.25, -0.2) is 14.6 Å². The lowest BCUT2D eigenvalue weighted by Crippen LogP contribution is -2.43. The lowest BCUT2D eigenvalue weighted by molar-refractivity contribution is -0.139. The van der Waals surface area contributed by atoms with E-state index in [0.29, 0.717) is 37.7 Å². The molecular formula is C22H32Cl2N4O4. The Balaban J connectivity index is 2.06. The molecule has 1 amide bonds. The van der Waals surface area contributed by atoms with E-state index in [1.54, 1.807) is 20.8 Å². The number of imidazole rings is 1. The van der Waals surface area contributed by atoms with Crippen LogP contribution in [0.3, 0.4) is 0 Å². The van der Waals surface area contributed by atoms with E-state index in [2.05, 4.69) is 10.2 Å². The molecular weight excluding hydrogens is 455 g/mol. The van der Waals surface area contributed by atoms with Gasteiger partial charge in [0.15, 0.2) is 0 Å². The smallest absolute Gasteiger partial charge is 0.408 e. The number of carboxylic acids is 1. The van der Waals surface area contributed by atoms with E-state index in [-0.39, 0.29) is 6.42 Å². The van der Waals surface area contributed by atoms with Gasteiger partial charge < -0.3 is 24.6 Å². The molecule has 1 atom stereocenters. The molecule has 2 rings (SSSR count). The van der Waals surface area contributed by atoms with Crippen LogP contribution >= 0.6 is 23.2 Å². The van der Waals surface area contributed by atoms with E-state index in [4.69, 9.17) is 32.9 Å². The minimum Gasteiger partial charge on any atom is -0.480 e. The zero-order valence-electron chi connectivity index (χ0n) is 19.0. The summed E-state index contributed by atoms with van der Waals surface area (Å²) < 4.78 is 7.16. The van der Waals surface area contributed by atoms with Gasteiger partial charge in [-0.3, -0.25) is 0 Å². The van der Waals surface area contributed by atoms with Crippen LogP contribution in [0.15, 0.2) is 18.2 Å². The summed E-state index contributed by atoms with van der Waals surface area (Å²) in [6.07, 6.45) is 0.649. The first-order valence-electron chi connectivity index (χ1n) is 10.6. The summed E-state index contributed by atoms with van der Waals surface area (Å²) in [4.78, 5) is 30.3. The summed E-state index contributed by atoms with van der Waals surface area (Å²) in [6, 6.07) is 5.03. The van der Waals surface area contributed by atoms with Crippen LogP contribution in [0.4, 0.5) is 10.5 Å². The van der Waals surface area contributed by atoms with Crippen LogP contribution in [-0.4, -0.2) is 63.2 Å². The van der Waals surface area contributed by atoms with Crippen molar-refractivity contribution >= 4 is 52.0 Å². The van der Waals surface area contributed by atoms with Crippen LogP contribution < -0.4 is 10.2 Å². The summed E-state index contributed by atoms with van der Waals surface area (Å²) in [7, 11) is 1.94. The Morgan fingerprint density at radius 1 is 1.25 bits per heavy atom. The zero-order valence-corrected chi connectivity index (χ0v) is 20.5. The molecule has 10 heteroatoms. The number of amides is 1. The Hall–Kier alpha value is -2.19. The summed E-state index contributed by atoms with van der Waals surface area (Å²) >= 11 is 11.8. The number of anilines is 1. The number of fused-ring (bicyclic) bond motifs is 1. The number of aryl methyl sites for hydroxylation is 2. The molecule has 0 fully saturated rings. The van der Waals surface area contributed by atoms with Crippen molar-refractivity contribution in [3.05, 3.63) is 24.0 Å². The standard InChI is InChI=1S/C22H32Cl2N4O4/c1-22(2,3)32-21(31)26-16(20(29)30)6-5-7-19-25-17-14-15(8-9-18(17)27(19)4)28(12-10-23)13-11-24/h8-9,14,16H,5-7,10-13H2,1-4H3,(H,26,31)(H,29,30)/t16-/m0/s1. The molecule has 0 saturated heterocycles. The first kappa shape index (κ1) is 26.1. The highest BCUT2D eigenvalue weighted by Crippen LogP contribution is 2.23. The van der Waals surface area contributed by atoms with Gasteiger partial charge in [-0.2, -0.15) is 0 Å². The fourth-order valence-electron chi connectivity index (χ4n) is 3.40. The number of rotatable bonds is 11. The first-order valence-corrected chi connectivity index (χ1v) is 11.7. The maximum absolute atomic E-state index is 11.9. The zero-order chi connectivity index (χ0) is 23.9. The Labute approximate surface area is 198 Å². The monoisotopic (exact) mass is 486 g/mol. The predicted octanol–water partition coefficient (Wildman–Crippen LogP) is 4.16. The van der Waals surface area contributed by atoms with Crippen molar-refractivity contribution in [2.75, 3.05) is 29.7 Å². The Bertz CT molecular complexity index is 921. The minimum atomic E-state index is -1.09. The molecule has 0 aliphatic heterocycles. The Morgan fingerprint density at radius 2 is 1.91 bits per heavy atom. The molecule has 8 nitrogen and oxygen atoms in total. The number of aliphatic carboxylic acids is 1. The molecule has 0 bridgehead atoms. The van der Waals surface area contributed by atoms with Gasteiger partial charge in [0.25, 0.3) is 0 Å².